The van der Waals surface area contributed by atoms with Crippen LogP contribution in [-0.2, 0) is 11.2 Å². The third kappa shape index (κ3) is 18.7. The van der Waals surface area contributed by atoms with Crippen molar-refractivity contribution in [2.75, 3.05) is 38.6 Å². The smallest absolute Gasteiger partial charge is 0.132 e. The van der Waals surface area contributed by atoms with Gasteiger partial charge in [0.05, 0.1) is 18.7 Å². The van der Waals surface area contributed by atoms with Crippen molar-refractivity contribution in [2.45, 2.75) is 81.1 Å². The molecule has 214 valence electrons. The van der Waals surface area contributed by atoms with Crippen LogP contribution in [0.2, 0.25) is 5.02 Å². The summed E-state index contributed by atoms with van der Waals surface area (Å²) in [4.78, 5) is 12.6. The van der Waals surface area contributed by atoms with Crippen LogP contribution >= 0.6 is 11.6 Å². The molecule has 3 rings (SSSR count). The molecule has 1 saturated heterocycles. The Morgan fingerprint density at radius 1 is 1.08 bits per heavy atom. The van der Waals surface area contributed by atoms with E-state index in [1.54, 1.807) is 20.1 Å². The average molecular weight is 546 g/mol. The second-order valence-electron chi connectivity index (χ2n) is 8.68. The summed E-state index contributed by atoms with van der Waals surface area (Å²) in [7, 11) is 1.68. The maximum absolute atomic E-state index is 10.1. The first-order valence-corrected chi connectivity index (χ1v) is 14.5. The van der Waals surface area contributed by atoms with Crippen molar-refractivity contribution in [3.8, 4) is 11.8 Å². The molecule has 2 aromatic rings. The van der Waals surface area contributed by atoms with Gasteiger partial charge in [-0.25, -0.2) is 0 Å². The minimum Gasteiger partial charge on any atom is -0.497 e. The number of anilines is 1. The van der Waals surface area contributed by atoms with Crippen molar-refractivity contribution in [3.63, 3.8) is 0 Å². The van der Waals surface area contributed by atoms with E-state index in [0.29, 0.717) is 10.6 Å². The zero-order valence-electron chi connectivity index (χ0n) is 25.4. The molecule has 0 aromatic heterocycles. The van der Waals surface area contributed by atoms with Gasteiger partial charge in [0.1, 0.15) is 11.5 Å². The number of rotatable bonds is 8. The zero-order chi connectivity index (χ0) is 29.3. The molecule has 1 fully saturated rings. The highest BCUT2D eigenvalue weighted by atomic mass is 35.5. The second-order valence-corrected chi connectivity index (χ2v) is 9.12. The molecule has 0 unspecified atom stereocenters. The van der Waals surface area contributed by atoms with Crippen LogP contribution in [0.3, 0.4) is 0 Å². The number of nitrogens with zero attached hydrogens (tertiary/aromatic N) is 2. The van der Waals surface area contributed by atoms with E-state index < -0.39 is 0 Å². The number of nitriles is 1. The van der Waals surface area contributed by atoms with E-state index in [1.807, 2.05) is 77.9 Å². The van der Waals surface area contributed by atoms with Crippen LogP contribution in [0.15, 0.2) is 42.5 Å². The Morgan fingerprint density at radius 2 is 1.63 bits per heavy atom. The van der Waals surface area contributed by atoms with Gasteiger partial charge in [-0.2, -0.15) is 5.26 Å². The number of Topliss-reactive ketones (excluding diaryl/α,β-unsaturated/α-hetero) is 1. The molecule has 1 N–H and O–H groups in total. The van der Waals surface area contributed by atoms with Gasteiger partial charge in [-0.3, -0.25) is 4.79 Å². The summed E-state index contributed by atoms with van der Waals surface area (Å²) < 4.78 is 5.05. The first kappa shape index (κ1) is 37.6. The molecule has 0 spiro atoms. The van der Waals surface area contributed by atoms with Crippen LogP contribution < -0.4 is 10.1 Å². The molecular weight excluding hydrogens is 494 g/mol. The standard InChI is InChI=1S/C13H15ClN2.C10H15NO.C5H10O.2C2H6/c14-13-8-11(7-12(9-13)10-15)3-6-16-4-1-2-5-16;1-3-8-11-9-4-6-10(12-2)7-5-9;1-4(2)5(3)6;2*1-2/h7-9H,1-6H2;4-7,11H,3,8H2,1-2H3;4H,1-3H3;2*1-2H3. The van der Waals surface area contributed by atoms with E-state index >= 15 is 0 Å². The maximum Gasteiger partial charge on any atom is 0.132 e. The Morgan fingerprint density at radius 3 is 2.08 bits per heavy atom. The van der Waals surface area contributed by atoms with E-state index in [0.717, 1.165) is 42.9 Å². The lowest BCUT2D eigenvalue weighted by Crippen LogP contribution is -2.21. The van der Waals surface area contributed by atoms with Gasteiger partial charge in [-0.05, 0) is 93.7 Å². The number of carbonyl (C=O) groups excluding carboxylic acids is 1. The Labute approximate surface area is 238 Å². The monoisotopic (exact) mass is 545 g/mol. The number of halogens is 1. The number of ether oxygens (including phenoxy) is 1. The third-order valence-electron chi connectivity index (χ3n) is 5.48. The van der Waals surface area contributed by atoms with E-state index in [-0.39, 0.29) is 11.7 Å². The average Bonchev–Trinajstić information content (AvgIpc) is 3.47. The zero-order valence-corrected chi connectivity index (χ0v) is 26.1. The lowest BCUT2D eigenvalue weighted by atomic mass is 10.1. The lowest BCUT2D eigenvalue weighted by Gasteiger charge is -2.14. The van der Waals surface area contributed by atoms with Gasteiger partial charge in [0.15, 0.2) is 0 Å². The summed E-state index contributed by atoms with van der Waals surface area (Å²) in [5.41, 5.74) is 2.97. The second kappa shape index (κ2) is 24.8. The molecule has 0 atom stereocenters. The molecule has 0 aliphatic carbocycles. The number of methoxy groups -OCH3 is 1. The van der Waals surface area contributed by atoms with Gasteiger partial charge in [-0.1, -0.05) is 60.1 Å². The van der Waals surface area contributed by atoms with Gasteiger partial charge >= 0.3 is 0 Å². The SMILES string of the molecule is CC.CC.CC(=O)C(C)C.CCCNc1ccc(OC)cc1.N#Cc1cc(Cl)cc(CCN2CCCC2)c1. The summed E-state index contributed by atoms with van der Waals surface area (Å²) in [5.74, 6) is 1.37. The molecule has 1 aliphatic heterocycles. The molecule has 1 heterocycles. The Bertz CT molecular complexity index is 887. The number of benzene rings is 2. The maximum atomic E-state index is 10.1. The fourth-order valence-corrected chi connectivity index (χ4v) is 3.39. The number of ketones is 1. The van der Waals surface area contributed by atoms with Crippen molar-refractivity contribution >= 4 is 23.1 Å². The summed E-state index contributed by atoms with van der Waals surface area (Å²) in [5, 5.41) is 12.8. The largest absolute Gasteiger partial charge is 0.497 e. The van der Waals surface area contributed by atoms with E-state index in [2.05, 4.69) is 23.2 Å². The van der Waals surface area contributed by atoms with Crippen molar-refractivity contribution in [3.05, 3.63) is 58.6 Å². The molecule has 0 radical (unpaired) electrons. The molecule has 2 aromatic carbocycles. The van der Waals surface area contributed by atoms with Gasteiger partial charge in [0.2, 0.25) is 0 Å². The Kier molecular flexibility index (Phi) is 24.5. The molecular formula is C32H52ClN3O2. The predicted molar refractivity (Wildman–Crippen MR) is 166 cm³/mol. The molecule has 38 heavy (non-hydrogen) atoms. The Balaban J connectivity index is 0. The van der Waals surface area contributed by atoms with Crippen LogP contribution in [0, 0.1) is 17.2 Å². The summed E-state index contributed by atoms with van der Waals surface area (Å²) in [6, 6.07) is 15.7. The summed E-state index contributed by atoms with van der Waals surface area (Å²) >= 11 is 5.96. The number of likely N-dealkylation sites (tertiary alicyclic amines) is 1. The summed E-state index contributed by atoms with van der Waals surface area (Å²) in [6.07, 6.45) is 4.76. The minimum atomic E-state index is 0.213. The molecule has 1 aliphatic rings. The first-order valence-electron chi connectivity index (χ1n) is 14.1. The van der Waals surface area contributed by atoms with Gasteiger partial charge in [0.25, 0.3) is 0 Å². The van der Waals surface area contributed by atoms with Crippen molar-refractivity contribution in [2.24, 2.45) is 5.92 Å². The minimum absolute atomic E-state index is 0.213. The van der Waals surface area contributed by atoms with Gasteiger partial charge in [-0.15, -0.1) is 0 Å². The van der Waals surface area contributed by atoms with E-state index in [1.165, 1.54) is 25.9 Å². The van der Waals surface area contributed by atoms with Crippen LogP contribution in [0.1, 0.15) is 85.8 Å². The number of nitrogens with one attached hydrogen (secondary N) is 1. The molecule has 0 bridgehead atoms. The topological polar surface area (TPSA) is 65.4 Å². The van der Waals surface area contributed by atoms with Crippen LogP contribution in [0.5, 0.6) is 5.75 Å². The highest BCUT2D eigenvalue weighted by Crippen LogP contribution is 2.17. The Hall–Kier alpha value is -2.55. The fraction of sp³-hybridized carbons (Fsp3) is 0.562. The van der Waals surface area contributed by atoms with Crippen LogP contribution in [-0.4, -0.2) is 44.0 Å². The summed E-state index contributed by atoms with van der Waals surface area (Å²) in [6.45, 7) is 20.1. The third-order valence-corrected chi connectivity index (χ3v) is 5.70. The first-order chi connectivity index (χ1) is 18.3. The normalized spacial score (nSPS) is 11.6. The molecule has 5 nitrogen and oxygen atoms in total. The van der Waals surface area contributed by atoms with Gasteiger partial charge in [0, 0.05) is 29.7 Å². The van der Waals surface area contributed by atoms with Gasteiger partial charge < -0.3 is 15.0 Å². The van der Waals surface area contributed by atoms with Crippen LogP contribution in [0.25, 0.3) is 0 Å². The quantitative estimate of drug-likeness (QED) is 0.359. The lowest BCUT2D eigenvalue weighted by molar-refractivity contribution is -0.119. The number of carbonyl (C=O) groups is 1. The van der Waals surface area contributed by atoms with E-state index in [9.17, 15) is 4.79 Å². The molecule has 0 amide bonds. The van der Waals surface area contributed by atoms with Crippen molar-refractivity contribution in [1.29, 1.82) is 5.26 Å². The fourth-order valence-electron chi connectivity index (χ4n) is 3.13. The number of hydrogen-bond donors (Lipinski definition) is 1. The van der Waals surface area contributed by atoms with Crippen molar-refractivity contribution < 1.29 is 9.53 Å². The number of hydrogen-bond acceptors (Lipinski definition) is 5. The van der Waals surface area contributed by atoms with Crippen LogP contribution in [0.4, 0.5) is 5.69 Å². The van der Waals surface area contributed by atoms with Crippen molar-refractivity contribution in [1.82, 2.24) is 4.90 Å². The molecule has 6 heteroatoms. The molecule has 0 saturated carbocycles. The highest BCUT2D eigenvalue weighted by Gasteiger charge is 2.11. The predicted octanol–water partition coefficient (Wildman–Crippen LogP) is 8.65. The van der Waals surface area contributed by atoms with E-state index in [4.69, 9.17) is 21.6 Å². The highest BCUT2D eigenvalue weighted by molar-refractivity contribution is 6.30.